The Morgan fingerprint density at radius 2 is 1.89 bits per heavy atom. The lowest BCUT2D eigenvalue weighted by atomic mass is 10.1. The van der Waals surface area contributed by atoms with Gasteiger partial charge in [0.05, 0.1) is 12.5 Å². The predicted molar refractivity (Wildman–Crippen MR) is 69.6 cm³/mol. The van der Waals surface area contributed by atoms with Gasteiger partial charge in [-0.05, 0) is 18.4 Å². The molecule has 18 heavy (non-hydrogen) atoms. The summed E-state index contributed by atoms with van der Waals surface area (Å²) in [6.07, 6.45) is 1.61. The smallest absolute Gasteiger partial charge is 0.237 e. The van der Waals surface area contributed by atoms with E-state index >= 15 is 0 Å². The van der Waals surface area contributed by atoms with Crippen LogP contribution >= 0.6 is 0 Å². The summed E-state index contributed by atoms with van der Waals surface area (Å²) in [4.78, 5) is 22.0. The molecule has 1 aromatic carbocycles. The number of nitrogens with one attached hydrogen (secondary N) is 1. The van der Waals surface area contributed by atoms with E-state index in [1.807, 2.05) is 30.3 Å². The Labute approximate surface area is 107 Å². The van der Waals surface area contributed by atoms with E-state index in [0.29, 0.717) is 6.54 Å². The van der Waals surface area contributed by atoms with Gasteiger partial charge in [0.1, 0.15) is 0 Å². The van der Waals surface area contributed by atoms with Crippen molar-refractivity contribution in [3.8, 4) is 0 Å². The highest BCUT2D eigenvalue weighted by molar-refractivity contribution is 5.87. The van der Waals surface area contributed by atoms with Gasteiger partial charge >= 0.3 is 0 Å². The molecule has 5 N–H and O–H groups in total. The number of hydrogen-bond donors (Lipinski definition) is 3. The molecule has 1 unspecified atom stereocenters. The number of amides is 2. The zero-order valence-corrected chi connectivity index (χ0v) is 10.3. The van der Waals surface area contributed by atoms with Gasteiger partial charge in [0.2, 0.25) is 11.8 Å². The molecule has 0 heterocycles. The quantitative estimate of drug-likeness (QED) is 0.590. The second-order valence-corrected chi connectivity index (χ2v) is 4.16. The first-order valence-corrected chi connectivity index (χ1v) is 5.95. The van der Waals surface area contributed by atoms with Gasteiger partial charge in [-0.2, -0.15) is 0 Å². The maximum absolute atomic E-state index is 11.4. The van der Waals surface area contributed by atoms with Crippen LogP contribution in [0.2, 0.25) is 0 Å². The van der Waals surface area contributed by atoms with Crippen LogP contribution in [0.15, 0.2) is 30.3 Å². The van der Waals surface area contributed by atoms with Crippen molar-refractivity contribution in [2.75, 3.05) is 6.54 Å². The van der Waals surface area contributed by atoms with Crippen LogP contribution in [0.5, 0.6) is 0 Å². The van der Waals surface area contributed by atoms with E-state index in [-0.39, 0.29) is 12.3 Å². The Morgan fingerprint density at radius 3 is 2.50 bits per heavy atom. The van der Waals surface area contributed by atoms with Crippen LogP contribution in [0, 0.1) is 0 Å². The van der Waals surface area contributed by atoms with Crippen molar-refractivity contribution >= 4 is 11.8 Å². The van der Waals surface area contributed by atoms with Crippen molar-refractivity contribution < 1.29 is 9.59 Å². The van der Waals surface area contributed by atoms with Crippen LogP contribution in [-0.4, -0.2) is 24.4 Å². The molecule has 0 saturated carbocycles. The van der Waals surface area contributed by atoms with E-state index in [2.05, 4.69) is 5.32 Å². The minimum absolute atomic E-state index is 0.121. The number of nitrogens with two attached hydrogens (primary N) is 2. The molecule has 0 spiro atoms. The summed E-state index contributed by atoms with van der Waals surface area (Å²) in [5, 5.41) is 2.69. The van der Waals surface area contributed by atoms with Gasteiger partial charge in [0, 0.05) is 6.54 Å². The average Bonchev–Trinajstić information content (AvgIpc) is 2.34. The first-order valence-electron chi connectivity index (χ1n) is 5.95. The molecule has 0 bridgehead atoms. The number of carbonyl (C=O) groups is 2. The fraction of sp³-hybridized carbons (Fsp3) is 0.385. The highest BCUT2D eigenvalue weighted by Gasteiger charge is 2.14. The van der Waals surface area contributed by atoms with Gasteiger partial charge in [0.15, 0.2) is 0 Å². The van der Waals surface area contributed by atoms with Crippen molar-refractivity contribution in [2.45, 2.75) is 25.3 Å². The van der Waals surface area contributed by atoms with E-state index < -0.39 is 11.9 Å². The van der Waals surface area contributed by atoms with E-state index in [4.69, 9.17) is 11.5 Å². The Morgan fingerprint density at radius 1 is 1.22 bits per heavy atom. The molecular weight excluding hydrogens is 230 g/mol. The lowest BCUT2D eigenvalue weighted by Crippen LogP contribution is -2.43. The predicted octanol–water partition coefficient (Wildman–Crippen LogP) is -0.0619. The van der Waals surface area contributed by atoms with Gasteiger partial charge in [-0.3, -0.25) is 9.59 Å². The maximum Gasteiger partial charge on any atom is 0.237 e. The minimum Gasteiger partial charge on any atom is -0.370 e. The number of hydrogen-bond acceptors (Lipinski definition) is 3. The second kappa shape index (κ2) is 7.45. The highest BCUT2D eigenvalue weighted by atomic mass is 16.2. The third-order valence-electron chi connectivity index (χ3n) is 2.54. The Hall–Kier alpha value is -1.88. The molecule has 0 aliphatic carbocycles. The minimum atomic E-state index is -0.848. The topological polar surface area (TPSA) is 98.2 Å². The Kier molecular flexibility index (Phi) is 5.87. The lowest BCUT2D eigenvalue weighted by Gasteiger charge is -2.10. The van der Waals surface area contributed by atoms with Gasteiger partial charge in [0.25, 0.3) is 0 Å². The highest BCUT2D eigenvalue weighted by Crippen LogP contribution is 2.01. The number of primary amides is 1. The van der Waals surface area contributed by atoms with Crippen molar-refractivity contribution in [1.82, 2.24) is 5.32 Å². The van der Waals surface area contributed by atoms with Crippen LogP contribution in [0.4, 0.5) is 0 Å². The molecule has 2 amide bonds. The molecule has 0 fully saturated rings. The van der Waals surface area contributed by atoms with Gasteiger partial charge in [-0.15, -0.1) is 0 Å². The molecule has 0 radical (unpaired) electrons. The van der Waals surface area contributed by atoms with Crippen LogP contribution in [-0.2, 0) is 16.0 Å². The monoisotopic (exact) mass is 249 g/mol. The van der Waals surface area contributed by atoms with Crippen LogP contribution in [0.3, 0.4) is 0 Å². The SMILES string of the molecule is NC(=O)CC(N)C(=O)NCCCc1ccccc1. The zero-order chi connectivity index (χ0) is 13.4. The van der Waals surface area contributed by atoms with E-state index in [1.54, 1.807) is 0 Å². The number of carbonyl (C=O) groups excluding carboxylic acids is 2. The summed E-state index contributed by atoms with van der Waals surface area (Å²) < 4.78 is 0. The van der Waals surface area contributed by atoms with Gasteiger partial charge < -0.3 is 16.8 Å². The van der Waals surface area contributed by atoms with Crippen molar-refractivity contribution in [3.63, 3.8) is 0 Å². The van der Waals surface area contributed by atoms with Gasteiger partial charge in [-0.25, -0.2) is 0 Å². The van der Waals surface area contributed by atoms with Crippen LogP contribution in [0.25, 0.3) is 0 Å². The van der Waals surface area contributed by atoms with E-state index in [0.717, 1.165) is 12.8 Å². The number of rotatable bonds is 7. The summed E-state index contributed by atoms with van der Waals surface area (Å²) in [6, 6.07) is 9.17. The van der Waals surface area contributed by atoms with Gasteiger partial charge in [-0.1, -0.05) is 30.3 Å². The molecule has 1 atom stereocenters. The van der Waals surface area contributed by atoms with Crippen molar-refractivity contribution in [2.24, 2.45) is 11.5 Å². The molecule has 0 saturated heterocycles. The number of aryl methyl sites for hydroxylation is 1. The zero-order valence-electron chi connectivity index (χ0n) is 10.3. The first kappa shape index (κ1) is 14.2. The molecule has 5 nitrogen and oxygen atoms in total. The molecule has 0 aromatic heterocycles. The standard InChI is InChI=1S/C13H19N3O2/c14-11(9-12(15)17)13(18)16-8-4-7-10-5-2-1-3-6-10/h1-3,5-6,11H,4,7-9,14H2,(H2,15,17)(H,16,18). The van der Waals surface area contributed by atoms with Crippen LogP contribution in [0.1, 0.15) is 18.4 Å². The van der Waals surface area contributed by atoms with Crippen LogP contribution < -0.4 is 16.8 Å². The fourth-order valence-corrected chi connectivity index (χ4v) is 1.59. The number of benzene rings is 1. The van der Waals surface area contributed by atoms with E-state index in [1.165, 1.54) is 5.56 Å². The second-order valence-electron chi connectivity index (χ2n) is 4.16. The molecule has 1 rings (SSSR count). The first-order chi connectivity index (χ1) is 8.59. The third kappa shape index (κ3) is 5.45. The molecule has 0 aliphatic heterocycles. The Balaban J connectivity index is 2.18. The van der Waals surface area contributed by atoms with Crippen molar-refractivity contribution in [3.05, 3.63) is 35.9 Å². The molecule has 98 valence electrons. The van der Waals surface area contributed by atoms with E-state index in [9.17, 15) is 9.59 Å². The normalized spacial score (nSPS) is 11.8. The third-order valence-corrected chi connectivity index (χ3v) is 2.54. The molecular formula is C13H19N3O2. The molecule has 0 aliphatic rings. The summed E-state index contributed by atoms with van der Waals surface area (Å²) in [5.74, 6) is -0.899. The fourth-order valence-electron chi connectivity index (χ4n) is 1.59. The van der Waals surface area contributed by atoms with Crippen molar-refractivity contribution in [1.29, 1.82) is 0 Å². The lowest BCUT2D eigenvalue weighted by molar-refractivity contribution is -0.126. The molecule has 5 heteroatoms. The maximum atomic E-state index is 11.4. The summed E-state index contributed by atoms with van der Waals surface area (Å²) in [7, 11) is 0. The summed E-state index contributed by atoms with van der Waals surface area (Å²) in [6.45, 7) is 0.542. The average molecular weight is 249 g/mol. The summed E-state index contributed by atoms with van der Waals surface area (Å²) >= 11 is 0. The largest absolute Gasteiger partial charge is 0.370 e. The molecule has 1 aromatic rings. The Bertz CT molecular complexity index is 392. The summed E-state index contributed by atoms with van der Waals surface area (Å²) in [5.41, 5.74) is 11.7.